The van der Waals surface area contributed by atoms with Crippen LogP contribution in [0.2, 0.25) is 0 Å². The number of benzene rings is 1. The van der Waals surface area contributed by atoms with E-state index >= 15 is 0 Å². The second-order valence-corrected chi connectivity index (χ2v) is 5.14. The predicted molar refractivity (Wildman–Crippen MR) is 77.2 cm³/mol. The van der Waals surface area contributed by atoms with E-state index in [0.29, 0.717) is 18.2 Å². The summed E-state index contributed by atoms with van der Waals surface area (Å²) in [7, 11) is 0. The third kappa shape index (κ3) is 2.72. The molecule has 0 amide bonds. The summed E-state index contributed by atoms with van der Waals surface area (Å²) in [5, 5.41) is 0. The van der Waals surface area contributed by atoms with E-state index in [0.717, 1.165) is 18.5 Å². The lowest BCUT2D eigenvalue weighted by Crippen LogP contribution is -2.16. The zero-order valence-corrected chi connectivity index (χ0v) is 11.3. The lowest BCUT2D eigenvalue weighted by molar-refractivity contribution is 0.111. The van der Waals surface area contributed by atoms with E-state index in [1.807, 2.05) is 0 Å². The number of hydrogen-bond donors (Lipinski definition) is 0. The number of rotatable bonds is 4. The summed E-state index contributed by atoms with van der Waals surface area (Å²) in [6.07, 6.45) is 5.89. The first-order valence-electron chi connectivity index (χ1n) is 6.98. The number of carbonyl (C=O) groups is 1. The molecule has 20 heavy (non-hydrogen) atoms. The molecular formula is C17H17NO2. The maximum Gasteiger partial charge on any atom is 0.168 e. The van der Waals surface area contributed by atoms with Crippen molar-refractivity contribution in [1.82, 2.24) is 4.98 Å². The van der Waals surface area contributed by atoms with Gasteiger partial charge in [0.25, 0.3) is 0 Å². The third-order valence-corrected chi connectivity index (χ3v) is 3.82. The van der Waals surface area contributed by atoms with Crippen molar-refractivity contribution >= 4 is 6.29 Å². The smallest absolute Gasteiger partial charge is 0.168 e. The molecular weight excluding hydrogens is 250 g/mol. The zero-order valence-electron chi connectivity index (χ0n) is 11.3. The number of carbonyl (C=O) groups excluding carboxylic acids is 1. The summed E-state index contributed by atoms with van der Waals surface area (Å²) < 4.78 is 5.82. The monoisotopic (exact) mass is 267 g/mol. The first-order chi connectivity index (χ1) is 9.86. The van der Waals surface area contributed by atoms with Crippen molar-refractivity contribution in [3.8, 4) is 5.75 Å². The Morgan fingerprint density at radius 3 is 2.95 bits per heavy atom. The van der Waals surface area contributed by atoms with Crippen LogP contribution in [-0.2, 0) is 6.42 Å². The summed E-state index contributed by atoms with van der Waals surface area (Å²) in [6.45, 7) is 0.666. The normalized spacial score (nSPS) is 17.3. The van der Waals surface area contributed by atoms with Crippen molar-refractivity contribution in [3.05, 3.63) is 59.4 Å². The molecule has 3 heteroatoms. The highest BCUT2D eigenvalue weighted by molar-refractivity contribution is 5.71. The van der Waals surface area contributed by atoms with Crippen LogP contribution in [0.3, 0.4) is 0 Å². The van der Waals surface area contributed by atoms with Gasteiger partial charge in [0.2, 0.25) is 0 Å². The molecule has 0 saturated heterocycles. The fourth-order valence-electron chi connectivity index (χ4n) is 2.77. The van der Waals surface area contributed by atoms with Gasteiger partial charge in [0.05, 0.1) is 12.8 Å². The number of aromatic nitrogens is 1. The SMILES string of the molecule is O=Cc1ccc(OCC2CCCc3ccccc32)cn1. The van der Waals surface area contributed by atoms with Crippen LogP contribution in [0.4, 0.5) is 0 Å². The lowest BCUT2D eigenvalue weighted by Gasteiger charge is -2.25. The van der Waals surface area contributed by atoms with Gasteiger partial charge >= 0.3 is 0 Å². The van der Waals surface area contributed by atoms with E-state index in [9.17, 15) is 4.79 Å². The molecule has 3 nitrogen and oxygen atoms in total. The topological polar surface area (TPSA) is 39.2 Å². The van der Waals surface area contributed by atoms with E-state index in [4.69, 9.17) is 4.74 Å². The van der Waals surface area contributed by atoms with Crippen LogP contribution < -0.4 is 4.74 Å². The molecule has 1 aliphatic rings. The maximum absolute atomic E-state index is 10.6. The first kappa shape index (κ1) is 12.9. The summed E-state index contributed by atoms with van der Waals surface area (Å²) in [5.41, 5.74) is 3.29. The van der Waals surface area contributed by atoms with Crippen molar-refractivity contribution in [2.24, 2.45) is 0 Å². The average Bonchev–Trinajstić information content (AvgIpc) is 2.53. The molecule has 1 heterocycles. The molecule has 1 aromatic heterocycles. The molecule has 2 aromatic rings. The average molecular weight is 267 g/mol. The highest BCUT2D eigenvalue weighted by atomic mass is 16.5. The largest absolute Gasteiger partial charge is 0.491 e. The standard InChI is InChI=1S/C17H17NO2/c19-11-15-8-9-16(10-18-15)20-12-14-6-3-5-13-4-1-2-7-17(13)14/h1-2,4,7-11,14H,3,5-6,12H2. The highest BCUT2D eigenvalue weighted by Gasteiger charge is 2.20. The van der Waals surface area contributed by atoms with E-state index in [1.165, 1.54) is 24.0 Å². The van der Waals surface area contributed by atoms with Crippen LogP contribution in [0.1, 0.15) is 40.4 Å². The van der Waals surface area contributed by atoms with Gasteiger partial charge in [-0.05, 0) is 42.5 Å². The Kier molecular flexibility index (Phi) is 3.77. The van der Waals surface area contributed by atoms with Crippen molar-refractivity contribution in [2.45, 2.75) is 25.2 Å². The summed E-state index contributed by atoms with van der Waals surface area (Å²) >= 11 is 0. The van der Waals surface area contributed by atoms with E-state index in [1.54, 1.807) is 18.3 Å². The minimum atomic E-state index is 0.431. The van der Waals surface area contributed by atoms with Gasteiger partial charge in [0.1, 0.15) is 11.4 Å². The van der Waals surface area contributed by atoms with E-state index in [-0.39, 0.29) is 0 Å². The van der Waals surface area contributed by atoms with Gasteiger partial charge < -0.3 is 4.74 Å². The van der Waals surface area contributed by atoms with E-state index in [2.05, 4.69) is 29.2 Å². The van der Waals surface area contributed by atoms with Gasteiger partial charge in [0, 0.05) is 5.92 Å². The molecule has 0 bridgehead atoms. The molecule has 0 radical (unpaired) electrons. The van der Waals surface area contributed by atoms with Crippen molar-refractivity contribution < 1.29 is 9.53 Å². The van der Waals surface area contributed by atoms with Crippen molar-refractivity contribution in [3.63, 3.8) is 0 Å². The molecule has 102 valence electrons. The van der Waals surface area contributed by atoms with Gasteiger partial charge in [-0.2, -0.15) is 0 Å². The Morgan fingerprint density at radius 1 is 1.25 bits per heavy atom. The molecule has 1 aliphatic carbocycles. The van der Waals surface area contributed by atoms with Gasteiger partial charge in [-0.3, -0.25) is 4.79 Å². The van der Waals surface area contributed by atoms with Crippen molar-refractivity contribution in [2.75, 3.05) is 6.61 Å². The summed E-state index contributed by atoms with van der Waals surface area (Å²) in [6, 6.07) is 12.1. The molecule has 0 aliphatic heterocycles. The lowest BCUT2D eigenvalue weighted by atomic mass is 9.83. The van der Waals surface area contributed by atoms with Crippen LogP contribution in [0.25, 0.3) is 0 Å². The summed E-state index contributed by atoms with van der Waals surface area (Å²) in [4.78, 5) is 14.6. The molecule has 1 unspecified atom stereocenters. The van der Waals surface area contributed by atoms with Crippen LogP contribution in [0, 0.1) is 0 Å². The number of nitrogens with zero attached hydrogens (tertiary/aromatic N) is 1. The predicted octanol–water partition coefficient (Wildman–Crippen LogP) is 3.39. The Hall–Kier alpha value is -2.16. The fourth-order valence-corrected chi connectivity index (χ4v) is 2.77. The Bertz CT molecular complexity index is 592. The van der Waals surface area contributed by atoms with Crippen LogP contribution in [0.15, 0.2) is 42.6 Å². The minimum Gasteiger partial charge on any atom is -0.491 e. The van der Waals surface area contributed by atoms with Crippen LogP contribution in [-0.4, -0.2) is 17.9 Å². The molecule has 1 atom stereocenters. The molecule has 0 saturated carbocycles. The second-order valence-electron chi connectivity index (χ2n) is 5.14. The Balaban J connectivity index is 1.68. The van der Waals surface area contributed by atoms with Gasteiger partial charge in [-0.1, -0.05) is 24.3 Å². The maximum atomic E-state index is 10.6. The number of hydrogen-bond acceptors (Lipinski definition) is 3. The van der Waals surface area contributed by atoms with Crippen molar-refractivity contribution in [1.29, 1.82) is 0 Å². The number of ether oxygens (including phenoxy) is 1. The number of aldehydes is 1. The fraction of sp³-hybridized carbons (Fsp3) is 0.294. The van der Waals surface area contributed by atoms with Crippen LogP contribution >= 0.6 is 0 Å². The number of fused-ring (bicyclic) bond motifs is 1. The zero-order chi connectivity index (χ0) is 13.8. The minimum absolute atomic E-state index is 0.431. The number of pyridine rings is 1. The third-order valence-electron chi connectivity index (χ3n) is 3.82. The summed E-state index contributed by atoms with van der Waals surface area (Å²) in [5.74, 6) is 1.17. The van der Waals surface area contributed by atoms with Gasteiger partial charge in [0.15, 0.2) is 6.29 Å². The second kappa shape index (κ2) is 5.87. The van der Waals surface area contributed by atoms with Gasteiger partial charge in [-0.15, -0.1) is 0 Å². The quantitative estimate of drug-likeness (QED) is 0.797. The first-order valence-corrected chi connectivity index (χ1v) is 6.98. The highest BCUT2D eigenvalue weighted by Crippen LogP contribution is 2.31. The Morgan fingerprint density at radius 2 is 2.15 bits per heavy atom. The Labute approximate surface area is 118 Å². The molecule has 3 rings (SSSR count). The molecule has 0 N–H and O–H groups in total. The molecule has 0 fully saturated rings. The van der Waals surface area contributed by atoms with Crippen LogP contribution in [0.5, 0.6) is 5.75 Å². The van der Waals surface area contributed by atoms with Gasteiger partial charge in [-0.25, -0.2) is 4.98 Å². The van der Waals surface area contributed by atoms with E-state index < -0.39 is 0 Å². The molecule has 0 spiro atoms. The number of aryl methyl sites for hydroxylation is 1. The molecule has 1 aromatic carbocycles.